The molecule has 1 fully saturated rings. The van der Waals surface area contributed by atoms with Crippen LogP contribution in [-0.2, 0) is 0 Å². The smallest absolute Gasteiger partial charge is 0.272 e. The largest absolute Gasteiger partial charge is 0.335 e. The van der Waals surface area contributed by atoms with Crippen molar-refractivity contribution in [3.8, 4) is 11.3 Å². The van der Waals surface area contributed by atoms with Crippen molar-refractivity contribution >= 4 is 5.91 Å². The SMILES string of the molecule is CC1CCCCN1C(=O)c1cc(-c2ccccc2)n[nH]1. The van der Waals surface area contributed by atoms with Crippen molar-refractivity contribution in [1.82, 2.24) is 15.1 Å². The summed E-state index contributed by atoms with van der Waals surface area (Å²) in [6.07, 6.45) is 3.39. The molecule has 1 aliphatic heterocycles. The Bertz CT molecular complexity index is 591. The number of nitrogens with zero attached hydrogens (tertiary/aromatic N) is 2. The summed E-state index contributed by atoms with van der Waals surface area (Å²) in [5.74, 6) is 0.0619. The van der Waals surface area contributed by atoms with E-state index in [1.165, 1.54) is 6.42 Å². The average molecular weight is 269 g/mol. The minimum atomic E-state index is 0.0619. The molecule has 4 heteroatoms. The Balaban J connectivity index is 1.81. The first-order valence-electron chi connectivity index (χ1n) is 7.17. The highest BCUT2D eigenvalue weighted by atomic mass is 16.2. The van der Waals surface area contributed by atoms with Crippen molar-refractivity contribution in [2.75, 3.05) is 6.54 Å². The quantitative estimate of drug-likeness (QED) is 0.910. The van der Waals surface area contributed by atoms with E-state index in [9.17, 15) is 4.79 Å². The van der Waals surface area contributed by atoms with Gasteiger partial charge in [-0.05, 0) is 32.3 Å². The first kappa shape index (κ1) is 12.9. The molecule has 1 saturated heterocycles. The van der Waals surface area contributed by atoms with Crippen LogP contribution in [0.5, 0.6) is 0 Å². The Labute approximate surface area is 118 Å². The Hall–Kier alpha value is -2.10. The summed E-state index contributed by atoms with van der Waals surface area (Å²) < 4.78 is 0. The minimum Gasteiger partial charge on any atom is -0.335 e. The van der Waals surface area contributed by atoms with Gasteiger partial charge in [-0.25, -0.2) is 0 Å². The number of rotatable bonds is 2. The molecule has 1 N–H and O–H groups in total. The summed E-state index contributed by atoms with van der Waals surface area (Å²) in [7, 11) is 0. The van der Waals surface area contributed by atoms with Gasteiger partial charge >= 0.3 is 0 Å². The molecule has 0 aliphatic carbocycles. The Kier molecular flexibility index (Phi) is 3.54. The van der Waals surface area contributed by atoms with E-state index in [0.717, 1.165) is 30.6 Å². The second-order valence-corrected chi connectivity index (χ2v) is 5.38. The van der Waals surface area contributed by atoms with E-state index in [4.69, 9.17) is 0 Å². The van der Waals surface area contributed by atoms with Crippen LogP contribution in [-0.4, -0.2) is 33.6 Å². The van der Waals surface area contributed by atoms with Crippen molar-refractivity contribution in [3.63, 3.8) is 0 Å². The van der Waals surface area contributed by atoms with Crippen molar-refractivity contribution in [3.05, 3.63) is 42.1 Å². The second kappa shape index (κ2) is 5.49. The topological polar surface area (TPSA) is 49.0 Å². The van der Waals surface area contributed by atoms with Crippen molar-refractivity contribution in [1.29, 1.82) is 0 Å². The Morgan fingerprint density at radius 2 is 2.10 bits per heavy atom. The van der Waals surface area contributed by atoms with Crippen molar-refractivity contribution < 1.29 is 4.79 Å². The van der Waals surface area contributed by atoms with Crippen LogP contribution >= 0.6 is 0 Å². The molecule has 2 heterocycles. The number of nitrogens with one attached hydrogen (secondary N) is 1. The highest BCUT2D eigenvalue weighted by Gasteiger charge is 2.25. The summed E-state index contributed by atoms with van der Waals surface area (Å²) in [6, 6.07) is 12.1. The lowest BCUT2D eigenvalue weighted by atomic mass is 10.0. The summed E-state index contributed by atoms with van der Waals surface area (Å²) >= 11 is 0. The summed E-state index contributed by atoms with van der Waals surface area (Å²) in [4.78, 5) is 14.5. The molecule has 1 aliphatic rings. The van der Waals surface area contributed by atoms with Gasteiger partial charge in [-0.2, -0.15) is 5.10 Å². The molecule has 1 unspecified atom stereocenters. The number of carbonyl (C=O) groups excluding carboxylic acids is 1. The standard InChI is InChI=1S/C16H19N3O/c1-12-7-5-6-10-19(12)16(20)15-11-14(17-18-15)13-8-3-2-4-9-13/h2-4,8-9,11-12H,5-7,10H2,1H3,(H,17,18). The van der Waals surface area contributed by atoms with Gasteiger partial charge in [-0.3, -0.25) is 9.89 Å². The molecule has 4 nitrogen and oxygen atoms in total. The van der Waals surface area contributed by atoms with Crippen LogP contribution in [0, 0.1) is 0 Å². The number of piperidine rings is 1. The van der Waals surface area contributed by atoms with E-state index in [1.54, 1.807) is 0 Å². The van der Waals surface area contributed by atoms with Gasteiger partial charge in [0.05, 0.1) is 5.69 Å². The predicted molar refractivity (Wildman–Crippen MR) is 78.4 cm³/mol. The van der Waals surface area contributed by atoms with Crippen LogP contribution in [0.2, 0.25) is 0 Å². The molecular weight excluding hydrogens is 250 g/mol. The van der Waals surface area contributed by atoms with Gasteiger partial charge in [0, 0.05) is 18.2 Å². The van der Waals surface area contributed by atoms with E-state index >= 15 is 0 Å². The lowest BCUT2D eigenvalue weighted by Gasteiger charge is -2.32. The maximum Gasteiger partial charge on any atom is 0.272 e. The number of aromatic nitrogens is 2. The third kappa shape index (κ3) is 2.46. The zero-order chi connectivity index (χ0) is 13.9. The van der Waals surface area contributed by atoms with Gasteiger partial charge in [0.1, 0.15) is 5.69 Å². The first-order chi connectivity index (χ1) is 9.75. The highest BCUT2D eigenvalue weighted by molar-refractivity contribution is 5.93. The molecule has 0 spiro atoms. The predicted octanol–water partition coefficient (Wildman–Crippen LogP) is 3.09. The van der Waals surface area contributed by atoms with E-state index < -0.39 is 0 Å². The zero-order valence-electron chi connectivity index (χ0n) is 11.7. The number of carbonyl (C=O) groups is 1. The lowest BCUT2D eigenvalue weighted by molar-refractivity contribution is 0.0629. The summed E-state index contributed by atoms with van der Waals surface area (Å²) in [5.41, 5.74) is 2.42. The van der Waals surface area contributed by atoms with Crippen LogP contribution in [0.25, 0.3) is 11.3 Å². The number of hydrogen-bond acceptors (Lipinski definition) is 2. The van der Waals surface area contributed by atoms with Crippen LogP contribution in [0.4, 0.5) is 0 Å². The van der Waals surface area contributed by atoms with E-state index in [-0.39, 0.29) is 5.91 Å². The number of benzene rings is 1. The van der Waals surface area contributed by atoms with E-state index in [1.807, 2.05) is 41.3 Å². The number of likely N-dealkylation sites (tertiary alicyclic amines) is 1. The summed E-state index contributed by atoms with van der Waals surface area (Å²) in [6.45, 7) is 2.96. The fourth-order valence-corrected chi connectivity index (χ4v) is 2.74. The zero-order valence-corrected chi connectivity index (χ0v) is 11.7. The molecule has 104 valence electrons. The van der Waals surface area contributed by atoms with Gasteiger partial charge in [0.25, 0.3) is 5.91 Å². The molecule has 0 radical (unpaired) electrons. The van der Waals surface area contributed by atoms with Crippen LogP contribution in [0.15, 0.2) is 36.4 Å². The second-order valence-electron chi connectivity index (χ2n) is 5.38. The fraction of sp³-hybridized carbons (Fsp3) is 0.375. The van der Waals surface area contributed by atoms with Crippen molar-refractivity contribution in [2.24, 2.45) is 0 Å². The molecule has 1 aromatic heterocycles. The van der Waals surface area contributed by atoms with Gasteiger partial charge in [0.2, 0.25) is 0 Å². The number of H-pyrrole nitrogens is 1. The van der Waals surface area contributed by atoms with Crippen LogP contribution < -0.4 is 0 Å². The molecule has 1 aromatic carbocycles. The van der Waals surface area contributed by atoms with E-state index in [0.29, 0.717) is 11.7 Å². The van der Waals surface area contributed by atoms with E-state index in [2.05, 4.69) is 17.1 Å². The maximum absolute atomic E-state index is 12.5. The molecule has 2 aromatic rings. The third-order valence-electron chi connectivity index (χ3n) is 3.94. The maximum atomic E-state index is 12.5. The third-order valence-corrected chi connectivity index (χ3v) is 3.94. The Morgan fingerprint density at radius 1 is 1.30 bits per heavy atom. The number of aromatic amines is 1. The van der Waals surface area contributed by atoms with Gasteiger partial charge < -0.3 is 4.90 Å². The molecule has 1 atom stereocenters. The first-order valence-corrected chi connectivity index (χ1v) is 7.17. The molecule has 1 amide bonds. The lowest BCUT2D eigenvalue weighted by Crippen LogP contribution is -2.42. The molecule has 20 heavy (non-hydrogen) atoms. The highest BCUT2D eigenvalue weighted by Crippen LogP contribution is 2.21. The van der Waals surface area contributed by atoms with Crippen LogP contribution in [0.3, 0.4) is 0 Å². The minimum absolute atomic E-state index is 0.0619. The molecule has 3 rings (SSSR count). The fourth-order valence-electron chi connectivity index (χ4n) is 2.74. The van der Waals surface area contributed by atoms with Crippen molar-refractivity contribution in [2.45, 2.75) is 32.2 Å². The number of hydrogen-bond donors (Lipinski definition) is 1. The van der Waals surface area contributed by atoms with Gasteiger partial charge in [0.15, 0.2) is 0 Å². The number of amides is 1. The van der Waals surface area contributed by atoms with Gasteiger partial charge in [-0.15, -0.1) is 0 Å². The Morgan fingerprint density at radius 3 is 2.85 bits per heavy atom. The molecular formula is C16H19N3O. The van der Waals surface area contributed by atoms with Gasteiger partial charge in [-0.1, -0.05) is 30.3 Å². The summed E-state index contributed by atoms with van der Waals surface area (Å²) in [5, 5.41) is 7.14. The van der Waals surface area contributed by atoms with Crippen LogP contribution in [0.1, 0.15) is 36.7 Å². The average Bonchev–Trinajstić information content (AvgIpc) is 2.98. The normalized spacial score (nSPS) is 19.1. The monoisotopic (exact) mass is 269 g/mol. The molecule has 0 saturated carbocycles. The molecule has 0 bridgehead atoms.